The summed E-state index contributed by atoms with van der Waals surface area (Å²) < 4.78 is 48.5. The van der Waals surface area contributed by atoms with Gasteiger partial charge in [0.15, 0.2) is 5.82 Å². The first-order valence-electron chi connectivity index (χ1n) is 10.5. The van der Waals surface area contributed by atoms with E-state index in [0.29, 0.717) is 42.3 Å². The molecule has 10 heteroatoms. The summed E-state index contributed by atoms with van der Waals surface area (Å²) >= 11 is 0. The molecular formula is C23H21F3N6O. The number of hydrogen-bond acceptors (Lipinski definition) is 5. The van der Waals surface area contributed by atoms with Crippen LogP contribution in [0.15, 0.2) is 48.9 Å². The minimum atomic E-state index is -4.36. The molecule has 0 fully saturated rings. The summed E-state index contributed by atoms with van der Waals surface area (Å²) in [5.41, 5.74) is 2.22. The molecule has 1 aliphatic rings. The molecule has 0 aliphatic carbocycles. The van der Waals surface area contributed by atoms with Gasteiger partial charge in [0.1, 0.15) is 17.2 Å². The Hall–Kier alpha value is -3.69. The van der Waals surface area contributed by atoms with E-state index in [-0.39, 0.29) is 5.92 Å². The number of imidazole rings is 1. The Morgan fingerprint density at radius 2 is 1.97 bits per heavy atom. The minimum Gasteiger partial charge on any atom is -0.479 e. The monoisotopic (exact) mass is 454 g/mol. The van der Waals surface area contributed by atoms with Gasteiger partial charge in [-0.15, -0.1) is 5.10 Å². The van der Waals surface area contributed by atoms with Gasteiger partial charge in [-0.05, 0) is 43.0 Å². The first kappa shape index (κ1) is 21.2. The third-order valence-electron chi connectivity index (χ3n) is 5.80. The largest absolute Gasteiger partial charge is 0.479 e. The number of benzene rings is 1. The molecule has 0 amide bonds. The van der Waals surface area contributed by atoms with Crippen molar-refractivity contribution in [1.82, 2.24) is 29.3 Å². The SMILES string of the molecule is COc1nc(-c2nc3n(n2)CC[C@H](c2cccc(C(F)(F)F)c2)C3)ccc1-n1cnc(C)c1. The molecular weight excluding hydrogens is 433 g/mol. The molecule has 33 heavy (non-hydrogen) atoms. The topological polar surface area (TPSA) is 70.7 Å². The summed E-state index contributed by atoms with van der Waals surface area (Å²) in [4.78, 5) is 13.4. The van der Waals surface area contributed by atoms with Crippen LogP contribution in [0.1, 0.15) is 35.0 Å². The van der Waals surface area contributed by atoms with Crippen molar-refractivity contribution < 1.29 is 17.9 Å². The second-order valence-electron chi connectivity index (χ2n) is 8.03. The molecule has 5 rings (SSSR count). The average Bonchev–Trinajstić information content (AvgIpc) is 3.43. The zero-order valence-electron chi connectivity index (χ0n) is 18.0. The normalized spacial score (nSPS) is 16.0. The molecule has 0 unspecified atom stereocenters. The molecule has 4 aromatic rings. The predicted octanol–water partition coefficient (Wildman–Crippen LogP) is 4.59. The first-order chi connectivity index (χ1) is 15.8. The van der Waals surface area contributed by atoms with Crippen LogP contribution < -0.4 is 4.74 Å². The van der Waals surface area contributed by atoms with E-state index in [1.807, 2.05) is 29.8 Å². The molecule has 0 N–H and O–H groups in total. The molecule has 1 aromatic carbocycles. The smallest absolute Gasteiger partial charge is 0.416 e. The van der Waals surface area contributed by atoms with Gasteiger partial charge in [0.25, 0.3) is 0 Å². The molecule has 1 atom stereocenters. The maximum atomic E-state index is 13.1. The fraction of sp³-hybridized carbons (Fsp3) is 0.304. The highest BCUT2D eigenvalue weighted by Gasteiger charge is 2.32. The van der Waals surface area contributed by atoms with Gasteiger partial charge in [-0.2, -0.15) is 13.2 Å². The summed E-state index contributed by atoms with van der Waals surface area (Å²) in [6.45, 7) is 2.48. The van der Waals surface area contributed by atoms with E-state index >= 15 is 0 Å². The zero-order valence-corrected chi connectivity index (χ0v) is 18.0. The Balaban J connectivity index is 1.42. The summed E-state index contributed by atoms with van der Waals surface area (Å²) in [7, 11) is 1.55. The van der Waals surface area contributed by atoms with Crippen molar-refractivity contribution in [3.8, 4) is 23.1 Å². The fourth-order valence-electron chi connectivity index (χ4n) is 4.12. The van der Waals surface area contributed by atoms with Crippen molar-refractivity contribution in [3.63, 3.8) is 0 Å². The second kappa shape index (κ2) is 8.02. The zero-order chi connectivity index (χ0) is 23.2. The number of nitrogens with zero attached hydrogens (tertiary/aromatic N) is 6. The van der Waals surface area contributed by atoms with E-state index in [0.717, 1.165) is 23.3 Å². The van der Waals surface area contributed by atoms with Crippen LogP contribution in [0.3, 0.4) is 0 Å². The lowest BCUT2D eigenvalue weighted by Crippen LogP contribution is -2.19. The molecule has 0 bridgehead atoms. The molecule has 4 heterocycles. The summed E-state index contributed by atoms with van der Waals surface area (Å²) in [5.74, 6) is 1.56. The number of aryl methyl sites for hydroxylation is 2. The van der Waals surface area contributed by atoms with Crippen LogP contribution in [0.25, 0.3) is 17.2 Å². The first-order valence-corrected chi connectivity index (χ1v) is 10.5. The van der Waals surface area contributed by atoms with Crippen molar-refractivity contribution in [2.75, 3.05) is 7.11 Å². The van der Waals surface area contributed by atoms with Crippen LogP contribution in [0.5, 0.6) is 5.88 Å². The Bertz CT molecular complexity index is 1310. The van der Waals surface area contributed by atoms with Crippen LogP contribution in [0.2, 0.25) is 0 Å². The number of hydrogen-bond donors (Lipinski definition) is 0. The van der Waals surface area contributed by atoms with E-state index in [9.17, 15) is 13.2 Å². The highest BCUT2D eigenvalue weighted by molar-refractivity contribution is 5.55. The van der Waals surface area contributed by atoms with E-state index < -0.39 is 11.7 Å². The van der Waals surface area contributed by atoms with Gasteiger partial charge >= 0.3 is 6.18 Å². The van der Waals surface area contributed by atoms with E-state index in [4.69, 9.17) is 4.74 Å². The Morgan fingerprint density at radius 3 is 2.70 bits per heavy atom. The fourth-order valence-corrected chi connectivity index (χ4v) is 4.12. The predicted molar refractivity (Wildman–Crippen MR) is 114 cm³/mol. The molecule has 0 spiro atoms. The van der Waals surface area contributed by atoms with Gasteiger partial charge in [-0.1, -0.05) is 18.2 Å². The van der Waals surface area contributed by atoms with Crippen molar-refractivity contribution in [1.29, 1.82) is 0 Å². The Kier molecular flexibility index (Phi) is 5.15. The third-order valence-corrected chi connectivity index (χ3v) is 5.80. The summed E-state index contributed by atoms with van der Waals surface area (Å²) in [6, 6.07) is 9.23. The minimum absolute atomic E-state index is 0.0498. The molecule has 1 aliphatic heterocycles. The molecule has 0 radical (unpaired) electrons. The van der Waals surface area contributed by atoms with Crippen LogP contribution in [0.4, 0.5) is 13.2 Å². The number of alkyl halides is 3. The maximum absolute atomic E-state index is 13.1. The van der Waals surface area contributed by atoms with Crippen LogP contribution in [-0.2, 0) is 19.1 Å². The molecule has 0 saturated heterocycles. The lowest BCUT2D eigenvalue weighted by atomic mass is 9.89. The number of fused-ring (bicyclic) bond motifs is 1. The van der Waals surface area contributed by atoms with Gasteiger partial charge in [0, 0.05) is 19.2 Å². The van der Waals surface area contributed by atoms with Crippen LogP contribution in [-0.4, -0.2) is 36.4 Å². The van der Waals surface area contributed by atoms with Gasteiger partial charge in [0.2, 0.25) is 5.88 Å². The van der Waals surface area contributed by atoms with Crippen molar-refractivity contribution in [2.24, 2.45) is 0 Å². The van der Waals surface area contributed by atoms with Crippen molar-refractivity contribution >= 4 is 0 Å². The third kappa shape index (κ3) is 4.08. The summed E-state index contributed by atoms with van der Waals surface area (Å²) in [5, 5.41) is 4.58. The number of pyridine rings is 1. The number of rotatable bonds is 4. The summed E-state index contributed by atoms with van der Waals surface area (Å²) in [6.07, 6.45) is 0.408. The standard InChI is InChI=1S/C23H21F3N6O/c1-14-12-31(13-27-14)19-7-6-18(28-22(19)33-2)21-29-20-11-16(8-9-32(20)30-21)15-4-3-5-17(10-15)23(24,25)26/h3-7,10,12-13,16H,8-9,11H2,1-2H3/t16-/m0/s1. The highest BCUT2D eigenvalue weighted by Crippen LogP contribution is 2.35. The average molecular weight is 454 g/mol. The van der Waals surface area contributed by atoms with E-state index in [1.165, 1.54) is 12.1 Å². The van der Waals surface area contributed by atoms with Crippen LogP contribution >= 0.6 is 0 Å². The van der Waals surface area contributed by atoms with Gasteiger partial charge in [0.05, 0.1) is 24.7 Å². The quantitative estimate of drug-likeness (QED) is 0.451. The Labute approximate surface area is 187 Å². The van der Waals surface area contributed by atoms with E-state index in [2.05, 4.69) is 20.1 Å². The lowest BCUT2D eigenvalue weighted by molar-refractivity contribution is -0.137. The molecule has 7 nitrogen and oxygen atoms in total. The molecule has 0 saturated carbocycles. The number of halogens is 3. The molecule has 3 aromatic heterocycles. The van der Waals surface area contributed by atoms with Gasteiger partial charge < -0.3 is 9.30 Å². The Morgan fingerprint density at radius 1 is 1.12 bits per heavy atom. The number of aromatic nitrogens is 6. The van der Waals surface area contributed by atoms with E-state index in [1.54, 1.807) is 24.2 Å². The van der Waals surface area contributed by atoms with Crippen molar-refractivity contribution in [3.05, 3.63) is 71.6 Å². The van der Waals surface area contributed by atoms with Crippen molar-refractivity contribution in [2.45, 2.75) is 38.4 Å². The lowest BCUT2D eigenvalue weighted by Gasteiger charge is -2.23. The van der Waals surface area contributed by atoms with Gasteiger partial charge in [-0.25, -0.2) is 19.6 Å². The highest BCUT2D eigenvalue weighted by atomic mass is 19.4. The maximum Gasteiger partial charge on any atom is 0.416 e. The number of methoxy groups -OCH3 is 1. The molecule has 170 valence electrons. The van der Waals surface area contributed by atoms with Crippen LogP contribution in [0, 0.1) is 6.92 Å². The van der Waals surface area contributed by atoms with Gasteiger partial charge in [-0.3, -0.25) is 0 Å². The second-order valence-corrected chi connectivity index (χ2v) is 8.03. The number of ether oxygens (including phenoxy) is 1.